The lowest BCUT2D eigenvalue weighted by molar-refractivity contribution is -0.194. The molecule has 2 atom stereocenters. The van der Waals surface area contributed by atoms with Crippen LogP contribution in [0.3, 0.4) is 0 Å². The van der Waals surface area contributed by atoms with Crippen LogP contribution < -0.4 is 4.74 Å². The molecule has 0 aromatic heterocycles. The number of carbonyl (C=O) groups is 1. The minimum absolute atomic E-state index is 0.123. The molecule has 0 aliphatic heterocycles. The van der Waals surface area contributed by atoms with E-state index >= 15 is 0 Å². The highest BCUT2D eigenvalue weighted by Gasteiger charge is 2.50. The molecule has 0 saturated heterocycles. The Morgan fingerprint density at radius 3 is 2.03 bits per heavy atom. The van der Waals surface area contributed by atoms with Crippen LogP contribution in [0.1, 0.15) is 22.8 Å². The summed E-state index contributed by atoms with van der Waals surface area (Å²) in [5.74, 6) is -0.0301. The van der Waals surface area contributed by atoms with Gasteiger partial charge in [0.1, 0.15) is 11.9 Å². The van der Waals surface area contributed by atoms with Gasteiger partial charge in [0.25, 0.3) is 0 Å². The number of ether oxygens (including phenoxy) is 3. The van der Waals surface area contributed by atoms with Crippen molar-refractivity contribution >= 4 is 5.97 Å². The number of hydrogen-bond acceptors (Lipinski definition) is 5. The fourth-order valence-electron chi connectivity index (χ4n) is 3.24. The number of aliphatic hydroxyl groups is 1. The van der Waals surface area contributed by atoms with Crippen molar-refractivity contribution < 1.29 is 24.1 Å². The molecule has 0 radical (unpaired) electrons. The Morgan fingerprint density at radius 1 is 0.897 bits per heavy atom. The normalized spacial score (nSPS) is 13.9. The van der Waals surface area contributed by atoms with E-state index in [0.29, 0.717) is 16.9 Å². The summed E-state index contributed by atoms with van der Waals surface area (Å²) >= 11 is 0. The van der Waals surface area contributed by atoms with Gasteiger partial charge in [-0.1, -0.05) is 72.8 Å². The molecule has 0 amide bonds. The molecule has 0 spiro atoms. The van der Waals surface area contributed by atoms with Crippen molar-refractivity contribution in [1.29, 1.82) is 0 Å². The van der Waals surface area contributed by atoms with Gasteiger partial charge in [-0.15, -0.1) is 0 Å². The molecule has 1 N–H and O–H groups in total. The number of hydrogen-bond donors (Lipinski definition) is 1. The first-order chi connectivity index (χ1) is 14.1. The van der Waals surface area contributed by atoms with Crippen LogP contribution in [0.4, 0.5) is 0 Å². The van der Waals surface area contributed by atoms with E-state index in [1.54, 1.807) is 55.6 Å². The topological polar surface area (TPSA) is 65.0 Å². The van der Waals surface area contributed by atoms with E-state index in [9.17, 15) is 9.90 Å². The molecule has 3 aromatic carbocycles. The van der Waals surface area contributed by atoms with E-state index in [1.807, 2.05) is 36.4 Å². The SMILES string of the molecule is COC(=O)[C@](OCc1ccccc1)(c1ccccc1)[C@H](O)c1ccc(OC)cc1. The molecule has 0 saturated carbocycles. The second-order valence-corrected chi connectivity index (χ2v) is 6.54. The lowest BCUT2D eigenvalue weighted by Crippen LogP contribution is -2.45. The van der Waals surface area contributed by atoms with Crippen molar-refractivity contribution in [1.82, 2.24) is 0 Å². The molecule has 0 bridgehead atoms. The highest BCUT2D eigenvalue weighted by Crippen LogP contribution is 2.41. The minimum Gasteiger partial charge on any atom is -0.497 e. The Hall–Kier alpha value is -3.15. The van der Waals surface area contributed by atoms with Crippen LogP contribution in [-0.2, 0) is 26.5 Å². The van der Waals surface area contributed by atoms with Crippen LogP contribution in [0.15, 0.2) is 84.9 Å². The van der Waals surface area contributed by atoms with Crippen molar-refractivity contribution in [3.05, 3.63) is 102 Å². The second-order valence-electron chi connectivity index (χ2n) is 6.54. The first-order valence-corrected chi connectivity index (χ1v) is 9.25. The molecule has 0 aliphatic rings. The predicted octanol–water partition coefficient (Wildman–Crippen LogP) is 4.01. The van der Waals surface area contributed by atoms with Crippen LogP contribution in [0, 0.1) is 0 Å². The summed E-state index contributed by atoms with van der Waals surface area (Å²) in [4.78, 5) is 13.1. The van der Waals surface area contributed by atoms with E-state index < -0.39 is 17.7 Å². The largest absolute Gasteiger partial charge is 0.497 e. The van der Waals surface area contributed by atoms with Crippen molar-refractivity contribution in [3.63, 3.8) is 0 Å². The molecule has 0 unspecified atom stereocenters. The molecule has 3 aromatic rings. The monoisotopic (exact) mass is 392 g/mol. The van der Waals surface area contributed by atoms with Gasteiger partial charge >= 0.3 is 5.97 Å². The third-order valence-corrected chi connectivity index (χ3v) is 4.82. The highest BCUT2D eigenvalue weighted by molar-refractivity contribution is 5.82. The summed E-state index contributed by atoms with van der Waals surface area (Å²) in [6, 6.07) is 25.2. The Bertz CT molecular complexity index is 909. The van der Waals surface area contributed by atoms with Crippen LogP contribution in [0.2, 0.25) is 0 Å². The molecule has 150 valence electrons. The van der Waals surface area contributed by atoms with Crippen molar-refractivity contribution in [2.24, 2.45) is 0 Å². The average molecular weight is 392 g/mol. The predicted molar refractivity (Wildman–Crippen MR) is 109 cm³/mol. The summed E-state index contributed by atoms with van der Waals surface area (Å²) in [6.45, 7) is 0.123. The zero-order valence-corrected chi connectivity index (χ0v) is 16.4. The summed E-state index contributed by atoms with van der Waals surface area (Å²) < 4.78 is 16.5. The van der Waals surface area contributed by atoms with Gasteiger partial charge in [0.05, 0.1) is 20.8 Å². The molecule has 29 heavy (non-hydrogen) atoms. The molecular weight excluding hydrogens is 368 g/mol. The maximum atomic E-state index is 13.1. The number of rotatable bonds is 8. The van der Waals surface area contributed by atoms with E-state index in [2.05, 4.69) is 0 Å². The number of aliphatic hydroxyl groups excluding tert-OH is 1. The van der Waals surface area contributed by atoms with Gasteiger partial charge in [-0.3, -0.25) is 0 Å². The van der Waals surface area contributed by atoms with Crippen molar-refractivity contribution in [2.75, 3.05) is 14.2 Å². The molecule has 5 heteroatoms. The van der Waals surface area contributed by atoms with Crippen molar-refractivity contribution in [2.45, 2.75) is 18.3 Å². The van der Waals surface area contributed by atoms with Crippen LogP contribution in [-0.4, -0.2) is 25.3 Å². The van der Waals surface area contributed by atoms with E-state index in [-0.39, 0.29) is 6.61 Å². The first-order valence-electron chi connectivity index (χ1n) is 9.25. The zero-order valence-electron chi connectivity index (χ0n) is 16.4. The Morgan fingerprint density at radius 2 is 1.48 bits per heavy atom. The van der Waals surface area contributed by atoms with Crippen LogP contribution >= 0.6 is 0 Å². The quantitative estimate of drug-likeness (QED) is 0.587. The lowest BCUT2D eigenvalue weighted by atomic mass is 9.84. The summed E-state index contributed by atoms with van der Waals surface area (Å²) in [5.41, 5.74) is 0.151. The van der Waals surface area contributed by atoms with Gasteiger partial charge in [0.2, 0.25) is 5.60 Å². The summed E-state index contributed by atoms with van der Waals surface area (Å²) in [6.07, 6.45) is -1.30. The smallest absolute Gasteiger partial charge is 0.346 e. The highest BCUT2D eigenvalue weighted by atomic mass is 16.6. The molecule has 0 aliphatic carbocycles. The van der Waals surface area contributed by atoms with Gasteiger partial charge < -0.3 is 19.3 Å². The van der Waals surface area contributed by atoms with E-state index in [0.717, 1.165) is 5.56 Å². The van der Waals surface area contributed by atoms with E-state index in [1.165, 1.54) is 7.11 Å². The maximum Gasteiger partial charge on any atom is 0.346 e. The third-order valence-electron chi connectivity index (χ3n) is 4.82. The Kier molecular flexibility index (Phi) is 6.65. The number of benzene rings is 3. The molecule has 0 fully saturated rings. The van der Waals surface area contributed by atoms with Crippen molar-refractivity contribution in [3.8, 4) is 5.75 Å². The van der Waals surface area contributed by atoms with Gasteiger partial charge in [-0.25, -0.2) is 4.79 Å². The molecular formula is C24H24O5. The minimum atomic E-state index is -1.74. The third kappa shape index (κ3) is 4.31. The molecule has 3 rings (SSSR count). The Balaban J connectivity index is 2.07. The second kappa shape index (κ2) is 9.37. The maximum absolute atomic E-state index is 13.1. The molecule has 0 heterocycles. The summed E-state index contributed by atoms with van der Waals surface area (Å²) in [5, 5.41) is 11.4. The summed E-state index contributed by atoms with van der Waals surface area (Å²) in [7, 11) is 2.85. The van der Waals surface area contributed by atoms with Crippen LogP contribution in [0.5, 0.6) is 5.75 Å². The number of esters is 1. The Labute approximate surface area is 170 Å². The van der Waals surface area contributed by atoms with Gasteiger partial charge in [-0.05, 0) is 28.8 Å². The first kappa shape index (κ1) is 20.6. The lowest BCUT2D eigenvalue weighted by Gasteiger charge is -2.36. The van der Waals surface area contributed by atoms with Crippen LogP contribution in [0.25, 0.3) is 0 Å². The standard InChI is InChI=1S/C24H24O5/c1-27-21-15-13-19(14-16-21)22(25)24(23(26)28-2,20-11-7-4-8-12-20)29-17-18-9-5-3-6-10-18/h3-16,22,25H,17H2,1-2H3/t22-,24+/m1/s1. The van der Waals surface area contributed by atoms with Gasteiger partial charge in [0, 0.05) is 0 Å². The number of methoxy groups -OCH3 is 2. The number of carbonyl (C=O) groups excluding carboxylic acids is 1. The fourth-order valence-corrected chi connectivity index (χ4v) is 3.24. The average Bonchev–Trinajstić information content (AvgIpc) is 2.80. The van der Waals surface area contributed by atoms with Gasteiger partial charge in [-0.2, -0.15) is 0 Å². The van der Waals surface area contributed by atoms with E-state index in [4.69, 9.17) is 14.2 Å². The fraction of sp³-hybridized carbons (Fsp3) is 0.208. The van der Waals surface area contributed by atoms with Gasteiger partial charge in [0.15, 0.2) is 0 Å². The zero-order chi connectivity index (χ0) is 20.7. The molecule has 5 nitrogen and oxygen atoms in total.